The number of imidazole rings is 1. The summed E-state index contributed by atoms with van der Waals surface area (Å²) in [6.45, 7) is 0.708. The standard InChI is InChI=1S/C8H6N4O/c1(5-2-13-5)6-7-8(11-3-9-6)12-4-10-7/h1,3-4H,2H2,(H,9,10,11,12)/b5-1+. The van der Waals surface area contributed by atoms with Crippen molar-refractivity contribution < 1.29 is 4.74 Å². The van der Waals surface area contributed by atoms with E-state index < -0.39 is 0 Å². The molecule has 0 spiro atoms. The number of rotatable bonds is 1. The van der Waals surface area contributed by atoms with Crippen molar-refractivity contribution >= 4 is 17.2 Å². The molecule has 2 aromatic heterocycles. The van der Waals surface area contributed by atoms with Crippen molar-refractivity contribution in [1.29, 1.82) is 0 Å². The molecular formula is C8H6N4O. The highest BCUT2D eigenvalue weighted by molar-refractivity contribution is 5.79. The van der Waals surface area contributed by atoms with Crippen LogP contribution in [0.25, 0.3) is 17.2 Å². The summed E-state index contributed by atoms with van der Waals surface area (Å²) in [7, 11) is 0. The van der Waals surface area contributed by atoms with Gasteiger partial charge in [0.1, 0.15) is 24.2 Å². The van der Waals surface area contributed by atoms with Crippen LogP contribution in [-0.2, 0) is 4.74 Å². The smallest absolute Gasteiger partial charge is 0.181 e. The van der Waals surface area contributed by atoms with E-state index in [4.69, 9.17) is 4.74 Å². The monoisotopic (exact) mass is 174 g/mol. The molecule has 64 valence electrons. The van der Waals surface area contributed by atoms with Crippen molar-refractivity contribution in [3.8, 4) is 0 Å². The molecule has 1 N–H and O–H groups in total. The zero-order chi connectivity index (χ0) is 8.67. The summed E-state index contributed by atoms with van der Waals surface area (Å²) in [5.74, 6) is 0.953. The van der Waals surface area contributed by atoms with Gasteiger partial charge in [-0.05, 0) is 0 Å². The van der Waals surface area contributed by atoms with E-state index in [2.05, 4.69) is 19.9 Å². The number of aromatic amines is 1. The largest absolute Gasteiger partial charge is 0.486 e. The normalized spacial score (nSPS) is 17.7. The van der Waals surface area contributed by atoms with Crippen LogP contribution in [0, 0.1) is 0 Å². The van der Waals surface area contributed by atoms with Gasteiger partial charge in [-0.2, -0.15) is 0 Å². The molecule has 0 atom stereocenters. The first-order valence-electron chi connectivity index (χ1n) is 3.91. The fourth-order valence-electron chi connectivity index (χ4n) is 1.17. The fourth-order valence-corrected chi connectivity index (χ4v) is 1.17. The molecule has 0 aromatic carbocycles. The molecule has 2 aromatic rings. The van der Waals surface area contributed by atoms with Crippen LogP contribution in [0.2, 0.25) is 0 Å². The van der Waals surface area contributed by atoms with Gasteiger partial charge in [0.25, 0.3) is 0 Å². The Labute approximate surface area is 73.5 Å². The second kappa shape index (κ2) is 2.29. The number of H-pyrrole nitrogens is 1. The highest BCUT2D eigenvalue weighted by Crippen LogP contribution is 2.20. The third-order valence-corrected chi connectivity index (χ3v) is 1.86. The number of ether oxygens (including phenoxy) is 1. The van der Waals surface area contributed by atoms with Crippen LogP contribution < -0.4 is 0 Å². The van der Waals surface area contributed by atoms with Crippen molar-refractivity contribution in [2.75, 3.05) is 6.61 Å². The van der Waals surface area contributed by atoms with Crippen LogP contribution in [-0.4, -0.2) is 26.5 Å². The fraction of sp³-hybridized carbons (Fsp3) is 0.125. The lowest BCUT2D eigenvalue weighted by molar-refractivity contribution is 0.511. The lowest BCUT2D eigenvalue weighted by atomic mass is 10.3. The average Bonchev–Trinajstić information content (AvgIpc) is 2.83. The Balaban J connectivity index is 2.26. The van der Waals surface area contributed by atoms with Gasteiger partial charge in [-0.1, -0.05) is 0 Å². The lowest BCUT2D eigenvalue weighted by Gasteiger charge is -1.91. The Morgan fingerprint density at radius 3 is 3.15 bits per heavy atom. The number of hydrogen-bond acceptors (Lipinski definition) is 4. The van der Waals surface area contributed by atoms with E-state index in [0.29, 0.717) is 12.3 Å². The molecule has 0 aliphatic carbocycles. The first-order chi connectivity index (χ1) is 6.43. The van der Waals surface area contributed by atoms with Crippen LogP contribution in [0.4, 0.5) is 0 Å². The Hall–Kier alpha value is -1.91. The minimum atomic E-state index is 0.683. The summed E-state index contributed by atoms with van der Waals surface area (Å²) < 4.78 is 5.00. The van der Waals surface area contributed by atoms with E-state index in [1.807, 2.05) is 6.08 Å². The van der Waals surface area contributed by atoms with E-state index in [-0.39, 0.29) is 0 Å². The van der Waals surface area contributed by atoms with Gasteiger partial charge in [0.15, 0.2) is 5.65 Å². The third kappa shape index (κ3) is 1.05. The number of aromatic nitrogens is 4. The molecule has 5 nitrogen and oxygen atoms in total. The van der Waals surface area contributed by atoms with Crippen LogP contribution in [0.1, 0.15) is 5.69 Å². The SMILES string of the molecule is C(=C1/CO1)/c1ncnc2nc[nH]c12. The van der Waals surface area contributed by atoms with Gasteiger partial charge in [-0.3, -0.25) is 0 Å². The van der Waals surface area contributed by atoms with Crippen molar-refractivity contribution in [2.45, 2.75) is 0 Å². The molecule has 1 saturated heterocycles. The summed E-state index contributed by atoms with van der Waals surface area (Å²) in [5, 5.41) is 0. The van der Waals surface area contributed by atoms with E-state index in [1.165, 1.54) is 6.33 Å². The van der Waals surface area contributed by atoms with Gasteiger partial charge >= 0.3 is 0 Å². The second-order valence-corrected chi connectivity index (χ2v) is 2.76. The second-order valence-electron chi connectivity index (χ2n) is 2.76. The average molecular weight is 174 g/mol. The number of hydrogen-bond donors (Lipinski definition) is 1. The van der Waals surface area contributed by atoms with Crippen LogP contribution in [0.15, 0.2) is 18.4 Å². The topological polar surface area (TPSA) is 67.0 Å². The van der Waals surface area contributed by atoms with Gasteiger partial charge in [-0.15, -0.1) is 0 Å². The zero-order valence-electron chi connectivity index (χ0n) is 6.69. The lowest BCUT2D eigenvalue weighted by Crippen LogP contribution is -1.85. The molecule has 1 fully saturated rings. The highest BCUT2D eigenvalue weighted by atomic mass is 16.6. The summed E-state index contributed by atoms with van der Waals surface area (Å²) >= 11 is 0. The van der Waals surface area contributed by atoms with E-state index >= 15 is 0 Å². The zero-order valence-corrected chi connectivity index (χ0v) is 6.69. The van der Waals surface area contributed by atoms with Crippen molar-refractivity contribution in [1.82, 2.24) is 19.9 Å². The molecule has 0 unspecified atom stereocenters. The number of nitrogens with zero attached hydrogens (tertiary/aromatic N) is 3. The predicted octanol–water partition coefficient (Wildman–Crippen LogP) is 0.724. The predicted molar refractivity (Wildman–Crippen MR) is 45.6 cm³/mol. The minimum Gasteiger partial charge on any atom is -0.486 e. The first kappa shape index (κ1) is 6.59. The van der Waals surface area contributed by atoms with Gasteiger partial charge in [0.2, 0.25) is 0 Å². The van der Waals surface area contributed by atoms with E-state index in [9.17, 15) is 0 Å². The first-order valence-corrected chi connectivity index (χ1v) is 3.91. The quantitative estimate of drug-likeness (QED) is 0.647. The summed E-state index contributed by atoms with van der Waals surface area (Å²) in [4.78, 5) is 15.1. The molecular weight excluding hydrogens is 168 g/mol. The number of fused-ring (bicyclic) bond motifs is 1. The Kier molecular flexibility index (Phi) is 1.16. The third-order valence-electron chi connectivity index (χ3n) is 1.86. The summed E-state index contributed by atoms with van der Waals surface area (Å²) in [6, 6.07) is 0. The Bertz CT molecular complexity index is 482. The Morgan fingerprint density at radius 1 is 1.38 bits per heavy atom. The van der Waals surface area contributed by atoms with E-state index in [1.54, 1.807) is 6.33 Å². The number of epoxide rings is 1. The maximum absolute atomic E-state index is 5.00. The van der Waals surface area contributed by atoms with Crippen molar-refractivity contribution in [2.24, 2.45) is 0 Å². The molecule has 0 radical (unpaired) electrons. The maximum atomic E-state index is 5.00. The molecule has 3 rings (SSSR count). The van der Waals surface area contributed by atoms with Gasteiger partial charge in [0.05, 0.1) is 12.0 Å². The molecule has 5 heteroatoms. The van der Waals surface area contributed by atoms with Gasteiger partial charge < -0.3 is 9.72 Å². The van der Waals surface area contributed by atoms with E-state index in [0.717, 1.165) is 17.0 Å². The van der Waals surface area contributed by atoms with Gasteiger partial charge in [-0.25, -0.2) is 15.0 Å². The van der Waals surface area contributed by atoms with Crippen molar-refractivity contribution in [3.63, 3.8) is 0 Å². The van der Waals surface area contributed by atoms with Gasteiger partial charge in [0, 0.05) is 6.08 Å². The number of nitrogens with one attached hydrogen (secondary N) is 1. The van der Waals surface area contributed by atoms with Crippen LogP contribution >= 0.6 is 0 Å². The minimum absolute atomic E-state index is 0.683. The maximum Gasteiger partial charge on any atom is 0.181 e. The molecule has 0 amide bonds. The van der Waals surface area contributed by atoms with Crippen LogP contribution in [0.3, 0.4) is 0 Å². The molecule has 1 aliphatic heterocycles. The molecule has 0 bridgehead atoms. The molecule has 1 aliphatic rings. The summed E-state index contributed by atoms with van der Waals surface area (Å²) in [6.07, 6.45) is 5.00. The Morgan fingerprint density at radius 2 is 2.31 bits per heavy atom. The highest BCUT2D eigenvalue weighted by Gasteiger charge is 2.14. The molecule has 3 heterocycles. The van der Waals surface area contributed by atoms with Crippen molar-refractivity contribution in [3.05, 3.63) is 24.1 Å². The molecule has 0 saturated carbocycles. The molecule has 13 heavy (non-hydrogen) atoms. The summed E-state index contributed by atoms with van der Waals surface area (Å²) in [5.41, 5.74) is 2.36. The van der Waals surface area contributed by atoms with Crippen LogP contribution in [0.5, 0.6) is 0 Å².